The van der Waals surface area contributed by atoms with Gasteiger partial charge in [-0.2, -0.15) is 0 Å². The Morgan fingerprint density at radius 3 is 2.59 bits per heavy atom. The molecule has 5 heteroatoms. The summed E-state index contributed by atoms with van der Waals surface area (Å²) < 4.78 is 0. The van der Waals surface area contributed by atoms with Crippen molar-refractivity contribution in [2.24, 2.45) is 4.99 Å². The molecule has 0 radical (unpaired) electrons. The Labute approximate surface area is 136 Å². The summed E-state index contributed by atoms with van der Waals surface area (Å²) in [6.07, 6.45) is 1.04. The van der Waals surface area contributed by atoms with E-state index >= 15 is 0 Å². The van der Waals surface area contributed by atoms with Gasteiger partial charge in [0.25, 0.3) is 0 Å². The van der Waals surface area contributed by atoms with Gasteiger partial charge in [-0.05, 0) is 31.4 Å². The van der Waals surface area contributed by atoms with Crippen molar-refractivity contribution in [3.8, 4) is 0 Å². The lowest BCUT2D eigenvalue weighted by molar-refractivity contribution is 0.817. The molecule has 0 fully saturated rings. The van der Waals surface area contributed by atoms with E-state index in [0.29, 0.717) is 6.54 Å². The fourth-order valence-corrected chi connectivity index (χ4v) is 2.94. The fourth-order valence-electron chi connectivity index (χ4n) is 2.22. The molecule has 22 heavy (non-hydrogen) atoms. The molecular formula is C17H24N4S. The number of rotatable bonds is 6. The predicted octanol–water partition coefficient (Wildman–Crippen LogP) is 3.27. The van der Waals surface area contributed by atoms with Crippen molar-refractivity contribution in [1.82, 2.24) is 15.6 Å². The van der Waals surface area contributed by atoms with Crippen molar-refractivity contribution < 1.29 is 0 Å². The Kier molecular flexibility index (Phi) is 6.40. The van der Waals surface area contributed by atoms with Crippen molar-refractivity contribution in [1.29, 1.82) is 0 Å². The van der Waals surface area contributed by atoms with E-state index in [0.717, 1.165) is 31.2 Å². The van der Waals surface area contributed by atoms with Crippen molar-refractivity contribution in [2.45, 2.75) is 40.3 Å². The van der Waals surface area contributed by atoms with E-state index in [1.54, 1.807) is 11.3 Å². The van der Waals surface area contributed by atoms with Crippen LogP contribution in [0.3, 0.4) is 0 Å². The molecule has 0 aliphatic carbocycles. The van der Waals surface area contributed by atoms with E-state index in [9.17, 15) is 0 Å². The second-order valence-corrected chi connectivity index (χ2v) is 5.97. The number of hydrogen-bond acceptors (Lipinski definition) is 3. The van der Waals surface area contributed by atoms with E-state index in [2.05, 4.69) is 53.7 Å². The third kappa shape index (κ3) is 4.56. The number of aryl methyl sites for hydroxylation is 2. The summed E-state index contributed by atoms with van der Waals surface area (Å²) in [5.41, 5.74) is 5.62. The molecule has 1 aromatic carbocycles. The monoisotopic (exact) mass is 316 g/mol. The molecule has 0 unspecified atom stereocenters. The highest BCUT2D eigenvalue weighted by Crippen LogP contribution is 2.12. The van der Waals surface area contributed by atoms with Crippen LogP contribution in [0.1, 0.15) is 35.5 Å². The first-order valence-corrected chi connectivity index (χ1v) is 8.60. The van der Waals surface area contributed by atoms with Crippen LogP contribution in [-0.4, -0.2) is 17.5 Å². The number of aliphatic imine (C=N–C) groups is 1. The van der Waals surface area contributed by atoms with Gasteiger partial charge in [0.1, 0.15) is 0 Å². The van der Waals surface area contributed by atoms with Gasteiger partial charge in [0.05, 0.1) is 24.3 Å². The van der Waals surface area contributed by atoms with E-state index in [4.69, 9.17) is 4.99 Å². The number of benzene rings is 1. The predicted molar refractivity (Wildman–Crippen MR) is 94.3 cm³/mol. The minimum atomic E-state index is 0.695. The van der Waals surface area contributed by atoms with Gasteiger partial charge in [0, 0.05) is 11.4 Å². The van der Waals surface area contributed by atoms with E-state index in [-0.39, 0.29) is 0 Å². The first-order chi connectivity index (χ1) is 10.7. The topological polar surface area (TPSA) is 49.3 Å². The van der Waals surface area contributed by atoms with Gasteiger partial charge in [-0.3, -0.25) is 0 Å². The van der Waals surface area contributed by atoms with Crippen LogP contribution in [0, 0.1) is 6.92 Å². The number of nitrogens with one attached hydrogen (secondary N) is 2. The van der Waals surface area contributed by atoms with Gasteiger partial charge in [0.2, 0.25) is 0 Å². The second-order valence-electron chi connectivity index (χ2n) is 5.03. The first-order valence-electron chi connectivity index (χ1n) is 7.72. The molecule has 1 heterocycles. The van der Waals surface area contributed by atoms with Gasteiger partial charge < -0.3 is 10.6 Å². The smallest absolute Gasteiger partial charge is 0.191 e. The quantitative estimate of drug-likeness (QED) is 0.635. The lowest BCUT2D eigenvalue weighted by atomic mass is 10.1. The van der Waals surface area contributed by atoms with Crippen LogP contribution in [-0.2, 0) is 19.5 Å². The third-order valence-electron chi connectivity index (χ3n) is 3.51. The summed E-state index contributed by atoms with van der Waals surface area (Å²) in [4.78, 5) is 10.2. The molecule has 0 bridgehead atoms. The lowest BCUT2D eigenvalue weighted by Crippen LogP contribution is -2.36. The number of guanidine groups is 1. The summed E-state index contributed by atoms with van der Waals surface area (Å²) >= 11 is 1.67. The highest BCUT2D eigenvalue weighted by molar-refractivity contribution is 7.09. The number of thiazole rings is 1. The zero-order chi connectivity index (χ0) is 15.8. The van der Waals surface area contributed by atoms with E-state index < -0.39 is 0 Å². The standard InChI is InChI=1S/C17H24N4S/c1-4-14-8-6-7-9-15(14)10-19-17(18-5-2)20-11-16-13(3)21-12-22-16/h6-9,12H,4-5,10-11H2,1-3H3,(H2,18,19,20). The first kappa shape index (κ1) is 16.5. The van der Waals surface area contributed by atoms with Crippen LogP contribution in [0.15, 0.2) is 34.8 Å². The van der Waals surface area contributed by atoms with Crippen LogP contribution in [0.2, 0.25) is 0 Å². The van der Waals surface area contributed by atoms with Crippen LogP contribution < -0.4 is 10.6 Å². The van der Waals surface area contributed by atoms with Gasteiger partial charge in [-0.15, -0.1) is 11.3 Å². The van der Waals surface area contributed by atoms with Gasteiger partial charge in [-0.25, -0.2) is 9.98 Å². The minimum absolute atomic E-state index is 0.695. The SMILES string of the molecule is CCNC(=NCc1ccccc1CC)NCc1scnc1C. The Hall–Kier alpha value is -1.88. The lowest BCUT2D eigenvalue weighted by Gasteiger charge is -2.11. The fraction of sp³-hybridized carbons (Fsp3) is 0.412. The molecule has 2 aromatic rings. The Morgan fingerprint density at radius 1 is 1.18 bits per heavy atom. The summed E-state index contributed by atoms with van der Waals surface area (Å²) in [6.45, 7) is 8.60. The average molecular weight is 316 g/mol. The van der Waals surface area contributed by atoms with Crippen LogP contribution in [0.4, 0.5) is 0 Å². The van der Waals surface area contributed by atoms with Gasteiger partial charge >= 0.3 is 0 Å². The number of nitrogens with zero attached hydrogens (tertiary/aromatic N) is 2. The summed E-state index contributed by atoms with van der Waals surface area (Å²) in [6, 6.07) is 8.48. The molecule has 0 saturated heterocycles. The van der Waals surface area contributed by atoms with E-state index in [1.807, 2.05) is 12.4 Å². The Bertz CT molecular complexity index is 619. The molecule has 2 N–H and O–H groups in total. The maximum atomic E-state index is 4.70. The van der Waals surface area contributed by atoms with Crippen molar-refractivity contribution in [3.05, 3.63) is 51.5 Å². The van der Waals surface area contributed by atoms with Crippen LogP contribution in [0.25, 0.3) is 0 Å². The summed E-state index contributed by atoms with van der Waals surface area (Å²) in [7, 11) is 0. The van der Waals surface area contributed by atoms with Crippen LogP contribution in [0.5, 0.6) is 0 Å². The molecule has 2 rings (SSSR count). The molecular weight excluding hydrogens is 292 g/mol. The number of hydrogen-bond donors (Lipinski definition) is 2. The zero-order valence-electron chi connectivity index (χ0n) is 13.5. The molecule has 0 aliphatic heterocycles. The Morgan fingerprint density at radius 2 is 1.95 bits per heavy atom. The molecule has 0 aliphatic rings. The molecule has 0 spiro atoms. The summed E-state index contributed by atoms with van der Waals surface area (Å²) in [5.74, 6) is 0.848. The highest BCUT2D eigenvalue weighted by Gasteiger charge is 2.04. The van der Waals surface area contributed by atoms with Crippen molar-refractivity contribution in [3.63, 3.8) is 0 Å². The zero-order valence-corrected chi connectivity index (χ0v) is 14.3. The van der Waals surface area contributed by atoms with E-state index in [1.165, 1.54) is 16.0 Å². The molecule has 0 amide bonds. The van der Waals surface area contributed by atoms with Gasteiger partial charge in [-0.1, -0.05) is 31.2 Å². The van der Waals surface area contributed by atoms with Crippen molar-refractivity contribution in [2.75, 3.05) is 6.54 Å². The summed E-state index contributed by atoms with van der Waals surface area (Å²) in [5, 5.41) is 6.68. The normalized spacial score (nSPS) is 11.5. The maximum Gasteiger partial charge on any atom is 0.191 e. The molecule has 0 atom stereocenters. The van der Waals surface area contributed by atoms with Crippen molar-refractivity contribution >= 4 is 17.3 Å². The van der Waals surface area contributed by atoms with Crippen LogP contribution >= 0.6 is 11.3 Å². The molecule has 0 saturated carbocycles. The Balaban J connectivity index is 2.02. The average Bonchev–Trinajstić information content (AvgIpc) is 2.95. The molecule has 1 aromatic heterocycles. The molecule has 118 valence electrons. The molecule has 4 nitrogen and oxygen atoms in total. The largest absolute Gasteiger partial charge is 0.357 e. The maximum absolute atomic E-state index is 4.70. The van der Waals surface area contributed by atoms with Gasteiger partial charge in [0.15, 0.2) is 5.96 Å². The third-order valence-corrected chi connectivity index (χ3v) is 4.45. The minimum Gasteiger partial charge on any atom is -0.357 e. The number of aromatic nitrogens is 1. The second kappa shape index (κ2) is 8.54. The highest BCUT2D eigenvalue weighted by atomic mass is 32.1.